The Labute approximate surface area is 166 Å². The van der Waals surface area contributed by atoms with Crippen LogP contribution in [0.2, 0.25) is 0 Å². The number of nitrogens with one attached hydrogen (secondary N) is 2. The lowest BCUT2D eigenvalue weighted by Gasteiger charge is -2.24. The van der Waals surface area contributed by atoms with Crippen molar-refractivity contribution in [2.75, 3.05) is 11.9 Å². The Bertz CT molecular complexity index is 973. The zero-order valence-electron chi connectivity index (χ0n) is 15.9. The fourth-order valence-electron chi connectivity index (χ4n) is 4.40. The van der Waals surface area contributed by atoms with Gasteiger partial charge in [-0.2, -0.15) is 5.21 Å². The van der Waals surface area contributed by atoms with E-state index in [9.17, 15) is 9.59 Å². The highest BCUT2D eigenvalue weighted by Crippen LogP contribution is 2.52. The average molecular weight is 396 g/mol. The van der Waals surface area contributed by atoms with Gasteiger partial charge in [-0.15, -0.1) is 0 Å². The van der Waals surface area contributed by atoms with E-state index in [0.29, 0.717) is 18.0 Å². The lowest BCUT2D eigenvalue weighted by molar-refractivity contribution is -0.136. The molecule has 3 aliphatic rings. The lowest BCUT2D eigenvalue weighted by Crippen LogP contribution is -2.42. The monoisotopic (exact) mass is 396 g/mol. The molecule has 150 valence electrons. The van der Waals surface area contributed by atoms with Crippen molar-refractivity contribution in [1.29, 1.82) is 0 Å². The molecule has 2 fully saturated rings. The van der Waals surface area contributed by atoms with Gasteiger partial charge >= 0.3 is 6.01 Å². The van der Waals surface area contributed by atoms with Gasteiger partial charge in [-0.05, 0) is 43.3 Å². The maximum absolute atomic E-state index is 13.0. The van der Waals surface area contributed by atoms with Crippen LogP contribution in [0.4, 0.5) is 5.69 Å². The first-order chi connectivity index (χ1) is 14.0. The third-order valence-electron chi connectivity index (χ3n) is 5.71. The Morgan fingerprint density at radius 3 is 2.86 bits per heavy atom. The molecule has 10 heteroatoms. The van der Waals surface area contributed by atoms with E-state index in [1.165, 1.54) is 0 Å². The topological polar surface area (TPSA) is 122 Å². The van der Waals surface area contributed by atoms with E-state index in [-0.39, 0.29) is 30.0 Å². The molecule has 1 spiro atoms. The van der Waals surface area contributed by atoms with E-state index in [4.69, 9.17) is 9.47 Å². The van der Waals surface area contributed by atoms with Crippen LogP contribution in [-0.4, -0.2) is 61.6 Å². The van der Waals surface area contributed by atoms with Crippen LogP contribution in [-0.2, 0) is 14.3 Å². The molecule has 3 aliphatic heterocycles. The first-order valence-electron chi connectivity index (χ1n) is 9.47. The fourth-order valence-corrected chi connectivity index (χ4v) is 4.40. The van der Waals surface area contributed by atoms with Crippen molar-refractivity contribution in [2.45, 2.75) is 31.6 Å². The normalized spacial score (nSPS) is 29.6. The number of nitrogens with zero attached hydrogens (tertiary/aromatic N) is 4. The number of tetrazole rings is 1. The van der Waals surface area contributed by atoms with Crippen LogP contribution in [0.15, 0.2) is 36.4 Å². The van der Waals surface area contributed by atoms with Crippen molar-refractivity contribution in [1.82, 2.24) is 25.5 Å². The Morgan fingerprint density at radius 2 is 2.17 bits per heavy atom. The van der Waals surface area contributed by atoms with E-state index in [2.05, 4.69) is 25.9 Å². The highest BCUT2D eigenvalue weighted by atomic mass is 16.5. The van der Waals surface area contributed by atoms with Gasteiger partial charge in [-0.25, -0.2) is 0 Å². The van der Waals surface area contributed by atoms with Gasteiger partial charge in [0.2, 0.25) is 11.8 Å². The Morgan fingerprint density at radius 1 is 1.38 bits per heavy atom. The zero-order chi connectivity index (χ0) is 20.2. The number of hydrogen-bond acceptors (Lipinski definition) is 7. The molecule has 0 saturated carbocycles. The minimum Gasteiger partial charge on any atom is -0.422 e. The summed E-state index contributed by atoms with van der Waals surface area (Å²) in [4.78, 5) is 27.8. The van der Waals surface area contributed by atoms with E-state index >= 15 is 0 Å². The van der Waals surface area contributed by atoms with Gasteiger partial charge < -0.3 is 19.7 Å². The molecule has 0 radical (unpaired) electrons. The predicted molar refractivity (Wildman–Crippen MR) is 99.9 cm³/mol. The Kier molecular flexibility index (Phi) is 3.91. The van der Waals surface area contributed by atoms with Gasteiger partial charge in [0.15, 0.2) is 0 Å². The number of fused-ring (bicyclic) bond motifs is 1. The van der Waals surface area contributed by atoms with E-state index in [1.54, 1.807) is 29.2 Å². The Hall–Kier alpha value is -3.27. The van der Waals surface area contributed by atoms with Crippen LogP contribution in [0.25, 0.3) is 0 Å². The van der Waals surface area contributed by atoms with Crippen molar-refractivity contribution in [3.05, 3.63) is 36.4 Å². The molecule has 4 atom stereocenters. The number of anilines is 1. The van der Waals surface area contributed by atoms with Crippen molar-refractivity contribution < 1.29 is 19.1 Å². The number of hydrogen-bond donors (Lipinski definition) is 2. The number of likely N-dealkylation sites (tertiary alicyclic amines) is 1. The molecule has 2 N–H and O–H groups in total. The van der Waals surface area contributed by atoms with Gasteiger partial charge in [0.05, 0.1) is 24.5 Å². The Balaban J connectivity index is 1.31. The summed E-state index contributed by atoms with van der Waals surface area (Å²) in [6.07, 6.45) is 3.48. The number of carbonyl (C=O) groups excluding carboxylic acids is 2. The summed E-state index contributed by atoms with van der Waals surface area (Å²) in [7, 11) is 0. The molecule has 2 saturated heterocycles. The molecular formula is C19H20N6O4. The van der Waals surface area contributed by atoms with Crippen LogP contribution in [0.1, 0.15) is 13.8 Å². The molecule has 4 heterocycles. The summed E-state index contributed by atoms with van der Waals surface area (Å²) in [5.74, 6) is -0.770. The fraction of sp³-hybridized carbons (Fsp3) is 0.421. The van der Waals surface area contributed by atoms with Gasteiger partial charge in [0.1, 0.15) is 11.4 Å². The summed E-state index contributed by atoms with van der Waals surface area (Å²) < 4.78 is 11.5. The quantitative estimate of drug-likeness (QED) is 0.726. The van der Waals surface area contributed by atoms with Crippen LogP contribution >= 0.6 is 0 Å². The van der Waals surface area contributed by atoms with Crippen LogP contribution in [0.3, 0.4) is 0 Å². The highest BCUT2D eigenvalue weighted by Gasteiger charge is 2.67. The molecular weight excluding hydrogens is 376 g/mol. The summed E-state index contributed by atoms with van der Waals surface area (Å²) in [5, 5.41) is 16.1. The number of benzene rings is 1. The molecule has 2 bridgehead atoms. The van der Waals surface area contributed by atoms with Crippen molar-refractivity contribution in [3.8, 4) is 11.8 Å². The zero-order valence-corrected chi connectivity index (χ0v) is 15.9. The van der Waals surface area contributed by atoms with Gasteiger partial charge in [0, 0.05) is 11.7 Å². The number of aromatic nitrogens is 4. The number of aromatic amines is 1. The molecule has 1 aromatic heterocycles. The maximum atomic E-state index is 13.0. The summed E-state index contributed by atoms with van der Waals surface area (Å²) in [5.41, 5.74) is -0.0847. The minimum atomic E-state index is -0.684. The molecule has 29 heavy (non-hydrogen) atoms. The predicted octanol–water partition coefficient (Wildman–Crippen LogP) is 1.12. The molecule has 2 aromatic rings. The minimum absolute atomic E-state index is 0.0177. The molecule has 3 unspecified atom stereocenters. The second-order valence-corrected chi connectivity index (χ2v) is 7.77. The number of amides is 2. The van der Waals surface area contributed by atoms with Gasteiger partial charge in [-0.3, -0.25) is 9.59 Å². The van der Waals surface area contributed by atoms with Crippen LogP contribution in [0, 0.1) is 11.8 Å². The lowest BCUT2D eigenvalue weighted by atomic mass is 9.77. The van der Waals surface area contributed by atoms with Crippen LogP contribution in [0.5, 0.6) is 11.8 Å². The molecule has 5 rings (SSSR count). The van der Waals surface area contributed by atoms with Crippen molar-refractivity contribution in [3.63, 3.8) is 0 Å². The number of ether oxygens (including phenoxy) is 2. The standard InChI is InChI=1S/C19H20N6O4/c1-10(2)25-9-19-8-7-13(29-19)14(15(19)17(25)27)16(26)20-11-3-5-12(6-4-11)28-18-21-23-24-22-18/h3-8,10,13-15H,9H2,1-2H3,(H,20,26)(H,21,22,23,24)/t13?,14?,15?,19-/m0/s1. The highest BCUT2D eigenvalue weighted by molar-refractivity contribution is 5.99. The smallest absolute Gasteiger partial charge is 0.361 e. The maximum Gasteiger partial charge on any atom is 0.361 e. The van der Waals surface area contributed by atoms with Crippen LogP contribution < -0.4 is 10.1 Å². The molecule has 10 nitrogen and oxygen atoms in total. The molecule has 0 aliphatic carbocycles. The first kappa shape index (κ1) is 17.8. The number of H-pyrrole nitrogens is 1. The van der Waals surface area contributed by atoms with Gasteiger partial charge in [0.25, 0.3) is 0 Å². The van der Waals surface area contributed by atoms with E-state index in [1.807, 2.05) is 26.0 Å². The number of rotatable bonds is 5. The third kappa shape index (κ3) is 2.79. The first-order valence-corrected chi connectivity index (χ1v) is 9.47. The van der Waals surface area contributed by atoms with E-state index < -0.39 is 17.4 Å². The summed E-state index contributed by atoms with van der Waals surface area (Å²) in [6.45, 7) is 4.44. The number of carbonyl (C=O) groups is 2. The largest absolute Gasteiger partial charge is 0.422 e. The summed E-state index contributed by atoms with van der Waals surface area (Å²) in [6, 6.07) is 6.97. The van der Waals surface area contributed by atoms with Crippen molar-refractivity contribution in [2.24, 2.45) is 11.8 Å². The summed E-state index contributed by atoms with van der Waals surface area (Å²) >= 11 is 0. The van der Waals surface area contributed by atoms with Crippen molar-refractivity contribution >= 4 is 17.5 Å². The second-order valence-electron chi connectivity index (χ2n) is 7.77. The van der Waals surface area contributed by atoms with E-state index in [0.717, 1.165) is 0 Å². The third-order valence-corrected chi connectivity index (χ3v) is 5.71. The second kappa shape index (κ2) is 6.38. The van der Waals surface area contributed by atoms with Gasteiger partial charge in [-0.1, -0.05) is 22.3 Å². The molecule has 2 amide bonds. The average Bonchev–Trinajstić information content (AvgIpc) is 3.45. The molecule has 1 aromatic carbocycles. The SMILES string of the molecule is CC(C)N1C[C@]23C=CC(O2)C(C(=O)Nc2ccc(Oc4nn[nH]n4)cc2)C3C1=O.